The molecule has 3 aromatic carbocycles. The number of carbonyl (C=O) groups excluding carboxylic acids is 2. The van der Waals surface area contributed by atoms with Gasteiger partial charge in [-0.3, -0.25) is 14.5 Å². The summed E-state index contributed by atoms with van der Waals surface area (Å²) >= 11 is 0. The van der Waals surface area contributed by atoms with Crippen molar-refractivity contribution in [2.75, 3.05) is 5.32 Å². The minimum Gasteiger partial charge on any atom is -0.324 e. The second-order valence-electron chi connectivity index (χ2n) is 6.36. The van der Waals surface area contributed by atoms with E-state index in [0.717, 1.165) is 22.0 Å². The van der Waals surface area contributed by atoms with E-state index in [1.807, 2.05) is 60.7 Å². The van der Waals surface area contributed by atoms with E-state index in [1.165, 1.54) is 4.90 Å². The summed E-state index contributed by atoms with van der Waals surface area (Å²) in [7, 11) is 0. The van der Waals surface area contributed by atoms with Crippen LogP contribution < -0.4 is 5.32 Å². The third-order valence-corrected chi connectivity index (χ3v) is 4.79. The van der Waals surface area contributed by atoms with Crippen LogP contribution in [0.5, 0.6) is 0 Å². The third kappa shape index (κ3) is 2.47. The van der Waals surface area contributed by atoms with Crippen molar-refractivity contribution in [1.82, 2.24) is 4.90 Å². The molecule has 1 aliphatic rings. The van der Waals surface area contributed by atoms with Crippen LogP contribution in [0, 0.1) is 0 Å². The van der Waals surface area contributed by atoms with E-state index in [1.54, 1.807) is 13.0 Å². The van der Waals surface area contributed by atoms with E-state index in [9.17, 15) is 9.59 Å². The number of anilines is 1. The molecule has 4 heteroatoms. The summed E-state index contributed by atoms with van der Waals surface area (Å²) in [6.07, 6.45) is 0. The molecule has 0 aromatic heterocycles. The first kappa shape index (κ1) is 16.1. The molecule has 128 valence electrons. The Bertz CT molecular complexity index is 1010. The maximum Gasteiger partial charge on any atom is 0.259 e. The molecule has 26 heavy (non-hydrogen) atoms. The topological polar surface area (TPSA) is 49.4 Å². The van der Waals surface area contributed by atoms with Gasteiger partial charge in [-0.2, -0.15) is 0 Å². The van der Waals surface area contributed by atoms with Crippen LogP contribution in [0.25, 0.3) is 16.5 Å². The lowest BCUT2D eigenvalue weighted by Gasteiger charge is -2.25. The number of nitrogens with zero attached hydrogens (tertiary/aromatic N) is 1. The van der Waals surface area contributed by atoms with E-state index < -0.39 is 6.04 Å². The quantitative estimate of drug-likeness (QED) is 0.772. The molecule has 1 atom stereocenters. The largest absolute Gasteiger partial charge is 0.324 e. The smallest absolute Gasteiger partial charge is 0.259 e. The van der Waals surface area contributed by atoms with E-state index in [2.05, 4.69) is 11.9 Å². The van der Waals surface area contributed by atoms with Crippen LogP contribution in [-0.4, -0.2) is 22.8 Å². The second kappa shape index (κ2) is 6.15. The molecule has 4 nitrogen and oxygen atoms in total. The van der Waals surface area contributed by atoms with Gasteiger partial charge in [-0.05, 0) is 24.4 Å². The summed E-state index contributed by atoms with van der Waals surface area (Å²) in [5, 5.41) is 4.97. The highest BCUT2D eigenvalue weighted by Gasteiger charge is 2.36. The number of hydrogen-bond acceptors (Lipinski definition) is 2. The Morgan fingerprint density at radius 3 is 2.38 bits per heavy atom. The molecule has 0 saturated carbocycles. The molecule has 1 aliphatic heterocycles. The second-order valence-corrected chi connectivity index (χ2v) is 6.36. The normalized spacial score (nSPS) is 14.4. The zero-order valence-corrected chi connectivity index (χ0v) is 14.4. The summed E-state index contributed by atoms with van der Waals surface area (Å²) in [5.41, 5.74) is 2.66. The molecule has 1 heterocycles. The van der Waals surface area contributed by atoms with Crippen LogP contribution in [0.2, 0.25) is 0 Å². The molecule has 0 aliphatic carbocycles. The molecule has 4 rings (SSSR count). The zero-order valence-electron chi connectivity index (χ0n) is 14.4. The van der Waals surface area contributed by atoms with Gasteiger partial charge in [-0.25, -0.2) is 0 Å². The Kier molecular flexibility index (Phi) is 3.81. The number of rotatable bonds is 3. The molecule has 0 fully saturated rings. The van der Waals surface area contributed by atoms with E-state index >= 15 is 0 Å². The van der Waals surface area contributed by atoms with Crippen molar-refractivity contribution < 1.29 is 9.59 Å². The number of hydrogen-bond donors (Lipinski definition) is 1. The van der Waals surface area contributed by atoms with Gasteiger partial charge in [0.15, 0.2) is 0 Å². The van der Waals surface area contributed by atoms with Crippen molar-refractivity contribution in [1.29, 1.82) is 0 Å². The lowest BCUT2D eigenvalue weighted by Crippen LogP contribution is -2.41. The van der Waals surface area contributed by atoms with E-state index in [0.29, 0.717) is 11.3 Å². The highest BCUT2D eigenvalue weighted by molar-refractivity contribution is 6.12. The molecule has 0 saturated heterocycles. The molecular formula is C22H18N2O2. The minimum atomic E-state index is -0.665. The predicted octanol–water partition coefficient (Wildman–Crippen LogP) is 4.29. The van der Waals surface area contributed by atoms with E-state index in [4.69, 9.17) is 0 Å². The number of benzene rings is 3. The first-order valence-corrected chi connectivity index (χ1v) is 8.48. The van der Waals surface area contributed by atoms with Gasteiger partial charge in [-0.1, -0.05) is 61.2 Å². The van der Waals surface area contributed by atoms with Crippen LogP contribution in [0.15, 0.2) is 73.3 Å². The fraction of sp³-hybridized carbons (Fsp3) is 0.0909. The first-order chi connectivity index (χ1) is 12.6. The number of amides is 2. The van der Waals surface area contributed by atoms with Gasteiger partial charge in [-0.15, -0.1) is 0 Å². The monoisotopic (exact) mass is 342 g/mol. The predicted molar refractivity (Wildman–Crippen MR) is 104 cm³/mol. The summed E-state index contributed by atoms with van der Waals surface area (Å²) in [6, 6.07) is 20.2. The van der Waals surface area contributed by atoms with Crippen molar-refractivity contribution in [2.24, 2.45) is 0 Å². The van der Waals surface area contributed by atoms with Gasteiger partial charge in [0, 0.05) is 27.9 Å². The van der Waals surface area contributed by atoms with Crippen molar-refractivity contribution in [3.63, 3.8) is 0 Å². The first-order valence-electron chi connectivity index (χ1n) is 8.48. The Morgan fingerprint density at radius 1 is 0.962 bits per heavy atom. The lowest BCUT2D eigenvalue weighted by molar-refractivity contribution is -0.119. The average Bonchev–Trinajstić information content (AvgIpc) is 2.92. The summed E-state index contributed by atoms with van der Waals surface area (Å²) in [4.78, 5) is 27.0. The maximum absolute atomic E-state index is 12.8. The minimum absolute atomic E-state index is 0.189. The van der Waals surface area contributed by atoms with Crippen LogP contribution in [0.1, 0.15) is 22.8 Å². The molecule has 3 aromatic rings. The van der Waals surface area contributed by atoms with E-state index in [-0.39, 0.29) is 11.8 Å². The molecule has 0 radical (unpaired) electrons. The number of fused-ring (bicyclic) bond motifs is 2. The Balaban J connectivity index is 1.61. The van der Waals surface area contributed by atoms with Gasteiger partial charge >= 0.3 is 0 Å². The van der Waals surface area contributed by atoms with Crippen molar-refractivity contribution in [2.45, 2.75) is 13.0 Å². The van der Waals surface area contributed by atoms with Gasteiger partial charge in [0.05, 0.1) is 0 Å². The average molecular weight is 342 g/mol. The highest BCUT2D eigenvalue weighted by Crippen LogP contribution is 2.33. The molecule has 0 unspecified atom stereocenters. The summed E-state index contributed by atoms with van der Waals surface area (Å²) in [6.45, 7) is 5.73. The fourth-order valence-electron chi connectivity index (χ4n) is 3.40. The van der Waals surface area contributed by atoms with Crippen molar-refractivity contribution >= 4 is 34.0 Å². The van der Waals surface area contributed by atoms with Crippen LogP contribution in [-0.2, 0) is 4.79 Å². The number of carbonyl (C=O) groups is 2. The molecular weight excluding hydrogens is 324 g/mol. The van der Waals surface area contributed by atoms with Gasteiger partial charge < -0.3 is 5.32 Å². The van der Waals surface area contributed by atoms with Gasteiger partial charge in [0.1, 0.15) is 6.04 Å². The van der Waals surface area contributed by atoms with Crippen molar-refractivity contribution in [3.8, 4) is 0 Å². The lowest BCUT2D eigenvalue weighted by atomic mass is 10.1. The highest BCUT2D eigenvalue weighted by atomic mass is 16.2. The number of nitrogens with one attached hydrogen (secondary N) is 1. The fourth-order valence-corrected chi connectivity index (χ4v) is 3.40. The molecule has 0 bridgehead atoms. The summed E-state index contributed by atoms with van der Waals surface area (Å²) in [5.74, 6) is -0.435. The maximum atomic E-state index is 12.8. The standard InChI is InChI=1S/C22H18N2O2/c1-14-17-10-5-6-12-19(17)22(26)24(14)15(2)21(25)23-20-13-7-9-16-8-3-4-11-18(16)20/h3-13,15H,1H2,2H3,(H,23,25)/t15-/m1/s1. The van der Waals surface area contributed by atoms with Gasteiger partial charge in [0.25, 0.3) is 5.91 Å². The van der Waals surface area contributed by atoms with Crippen LogP contribution in [0.4, 0.5) is 5.69 Å². The summed E-state index contributed by atoms with van der Waals surface area (Å²) < 4.78 is 0. The molecule has 1 N–H and O–H groups in total. The molecule has 0 spiro atoms. The Morgan fingerprint density at radius 2 is 1.62 bits per heavy atom. The van der Waals surface area contributed by atoms with Crippen LogP contribution in [0.3, 0.4) is 0 Å². The third-order valence-electron chi connectivity index (χ3n) is 4.79. The van der Waals surface area contributed by atoms with Gasteiger partial charge in [0.2, 0.25) is 5.91 Å². The SMILES string of the molecule is C=C1c2ccccc2C(=O)N1[C@H](C)C(=O)Nc1cccc2ccccc12. The van der Waals surface area contributed by atoms with Crippen molar-refractivity contribution in [3.05, 3.63) is 84.4 Å². The Labute approximate surface area is 151 Å². The Hall–Kier alpha value is -3.40. The zero-order chi connectivity index (χ0) is 18.3. The van der Waals surface area contributed by atoms with Crippen LogP contribution >= 0.6 is 0 Å². The molecule has 2 amide bonds.